The number of hydrogen-bond acceptors (Lipinski definition) is 3. The van der Waals surface area contributed by atoms with Gasteiger partial charge in [0.1, 0.15) is 5.82 Å². The summed E-state index contributed by atoms with van der Waals surface area (Å²) in [6.45, 7) is 0.864. The van der Waals surface area contributed by atoms with Gasteiger partial charge in [0.25, 0.3) is 0 Å². The minimum absolute atomic E-state index is 0.330. The van der Waals surface area contributed by atoms with Gasteiger partial charge in [0.05, 0.1) is 23.9 Å². The van der Waals surface area contributed by atoms with Crippen LogP contribution in [-0.4, -0.2) is 27.6 Å². The molecule has 2 N–H and O–H groups in total. The van der Waals surface area contributed by atoms with Gasteiger partial charge >= 0.3 is 6.18 Å². The van der Waals surface area contributed by atoms with Crippen LogP contribution in [0.4, 0.5) is 23.2 Å². The molecule has 4 aromatic rings. The third kappa shape index (κ3) is 3.91. The Labute approximate surface area is 186 Å². The fraction of sp³-hybridized carbons (Fsp3) is 0.174. The van der Waals surface area contributed by atoms with Gasteiger partial charge in [0, 0.05) is 16.1 Å². The molecule has 1 aromatic heterocycles. The number of rotatable bonds is 5. The Morgan fingerprint density at radius 1 is 1.06 bits per heavy atom. The van der Waals surface area contributed by atoms with E-state index in [1.807, 2.05) is 0 Å². The van der Waals surface area contributed by atoms with E-state index in [2.05, 4.69) is 10.4 Å². The van der Waals surface area contributed by atoms with Gasteiger partial charge in [0.15, 0.2) is 0 Å². The molecule has 166 valence electrons. The van der Waals surface area contributed by atoms with Gasteiger partial charge < -0.3 is 10.4 Å². The van der Waals surface area contributed by atoms with E-state index in [1.165, 1.54) is 53.3 Å². The second kappa shape index (κ2) is 8.11. The monoisotopic (exact) mass is 463 g/mol. The minimum Gasteiger partial charge on any atom is -0.381 e. The molecule has 4 rings (SSSR count). The second-order valence-electron chi connectivity index (χ2n) is 7.43. The van der Waals surface area contributed by atoms with Gasteiger partial charge in [-0.3, -0.25) is 0 Å². The normalized spacial score (nSPS) is 13.8. The lowest BCUT2D eigenvalue weighted by Crippen LogP contribution is -2.47. The molecule has 0 aliphatic rings. The number of benzene rings is 3. The van der Waals surface area contributed by atoms with Crippen molar-refractivity contribution in [3.63, 3.8) is 0 Å². The van der Waals surface area contributed by atoms with E-state index in [-0.39, 0.29) is 5.56 Å². The van der Waals surface area contributed by atoms with Crippen molar-refractivity contribution in [1.29, 1.82) is 0 Å². The summed E-state index contributed by atoms with van der Waals surface area (Å²) in [5.41, 5.74) is -1.45. The van der Waals surface area contributed by atoms with Crippen LogP contribution in [0.3, 0.4) is 0 Å². The van der Waals surface area contributed by atoms with Crippen LogP contribution in [0, 0.1) is 12.7 Å². The second-order valence-corrected chi connectivity index (χ2v) is 7.84. The van der Waals surface area contributed by atoms with Gasteiger partial charge in [-0.25, -0.2) is 9.07 Å². The summed E-state index contributed by atoms with van der Waals surface area (Å²) in [5, 5.41) is 18.4. The van der Waals surface area contributed by atoms with Crippen molar-refractivity contribution in [1.82, 2.24) is 9.78 Å². The first kappa shape index (κ1) is 22.1. The zero-order valence-electron chi connectivity index (χ0n) is 16.8. The van der Waals surface area contributed by atoms with Crippen molar-refractivity contribution in [3.8, 4) is 5.69 Å². The highest BCUT2D eigenvalue weighted by Gasteiger charge is 2.55. The fourth-order valence-corrected chi connectivity index (χ4v) is 3.64. The maximum atomic E-state index is 14.0. The molecule has 3 aromatic carbocycles. The number of halogens is 5. The molecule has 0 bridgehead atoms. The minimum atomic E-state index is -4.95. The van der Waals surface area contributed by atoms with E-state index in [9.17, 15) is 22.7 Å². The van der Waals surface area contributed by atoms with Gasteiger partial charge in [-0.05, 0) is 66.6 Å². The Morgan fingerprint density at radius 2 is 1.78 bits per heavy atom. The zero-order valence-corrected chi connectivity index (χ0v) is 17.5. The molecule has 9 heteroatoms. The highest BCUT2D eigenvalue weighted by atomic mass is 35.5. The number of anilines is 1. The van der Waals surface area contributed by atoms with Crippen LogP contribution in [-0.2, 0) is 5.60 Å². The van der Waals surface area contributed by atoms with Gasteiger partial charge in [-0.1, -0.05) is 23.7 Å². The van der Waals surface area contributed by atoms with Crippen molar-refractivity contribution in [2.24, 2.45) is 0 Å². The Hall–Kier alpha value is -3.10. The van der Waals surface area contributed by atoms with Crippen molar-refractivity contribution in [2.75, 3.05) is 11.9 Å². The van der Waals surface area contributed by atoms with Crippen LogP contribution >= 0.6 is 11.6 Å². The van der Waals surface area contributed by atoms with Crippen molar-refractivity contribution >= 4 is 28.2 Å². The molecule has 1 heterocycles. The quantitative estimate of drug-likeness (QED) is 0.357. The smallest absolute Gasteiger partial charge is 0.381 e. The number of fused-ring (bicyclic) bond motifs is 1. The van der Waals surface area contributed by atoms with E-state index < -0.39 is 24.1 Å². The number of aromatic nitrogens is 2. The molecule has 0 aliphatic carbocycles. The van der Waals surface area contributed by atoms with E-state index in [1.54, 1.807) is 25.1 Å². The fourth-order valence-electron chi connectivity index (χ4n) is 3.47. The van der Waals surface area contributed by atoms with Gasteiger partial charge in [0.2, 0.25) is 5.60 Å². The predicted molar refractivity (Wildman–Crippen MR) is 116 cm³/mol. The van der Waals surface area contributed by atoms with Crippen LogP contribution < -0.4 is 5.32 Å². The van der Waals surface area contributed by atoms with Crippen LogP contribution in [0.2, 0.25) is 5.02 Å². The number of nitrogens with one attached hydrogen (secondary N) is 1. The summed E-state index contributed by atoms with van der Waals surface area (Å²) < 4.78 is 56.7. The molecule has 4 nitrogen and oxygen atoms in total. The number of alkyl halides is 3. The van der Waals surface area contributed by atoms with E-state index in [0.717, 1.165) is 0 Å². The SMILES string of the molecule is Cc1c(Cl)cccc1NCC(O)(c1ccc2c(cnn2-c2ccc(F)cc2)c1)C(F)(F)F. The Bertz CT molecular complexity index is 1270. The summed E-state index contributed by atoms with van der Waals surface area (Å²) in [4.78, 5) is 0. The first-order chi connectivity index (χ1) is 15.1. The zero-order chi connectivity index (χ0) is 23.1. The molecule has 1 unspecified atom stereocenters. The van der Waals surface area contributed by atoms with Crippen molar-refractivity contribution in [2.45, 2.75) is 18.7 Å². The average Bonchev–Trinajstić information content (AvgIpc) is 3.17. The highest BCUT2D eigenvalue weighted by molar-refractivity contribution is 6.31. The van der Waals surface area contributed by atoms with Crippen molar-refractivity contribution in [3.05, 3.63) is 88.8 Å². The standard InChI is InChI=1S/C23H18ClF4N3O/c1-14-19(24)3-2-4-20(14)29-13-22(32,23(26,27)28)16-5-10-21-15(11-16)12-30-31(21)18-8-6-17(25)7-9-18/h2-12,29,32H,13H2,1H3. The number of hydrogen-bond donors (Lipinski definition) is 2. The molecule has 32 heavy (non-hydrogen) atoms. The molecule has 0 saturated carbocycles. The Morgan fingerprint density at radius 3 is 2.47 bits per heavy atom. The lowest BCUT2D eigenvalue weighted by Gasteiger charge is -2.32. The third-order valence-corrected chi connectivity index (χ3v) is 5.80. The van der Waals surface area contributed by atoms with E-state index in [4.69, 9.17) is 11.6 Å². The Kier molecular flexibility index (Phi) is 5.60. The van der Waals surface area contributed by atoms with Gasteiger partial charge in [-0.2, -0.15) is 18.3 Å². The lowest BCUT2D eigenvalue weighted by molar-refractivity contribution is -0.260. The topological polar surface area (TPSA) is 50.1 Å². The van der Waals surface area contributed by atoms with Crippen LogP contribution in [0.25, 0.3) is 16.6 Å². The molecule has 0 amide bonds. The van der Waals surface area contributed by atoms with Crippen LogP contribution in [0.1, 0.15) is 11.1 Å². The molecule has 1 atom stereocenters. The summed E-state index contributed by atoms with van der Waals surface area (Å²) in [6.07, 6.45) is -3.55. The summed E-state index contributed by atoms with van der Waals surface area (Å²) in [5.74, 6) is -0.412. The van der Waals surface area contributed by atoms with E-state index >= 15 is 0 Å². The maximum absolute atomic E-state index is 14.0. The van der Waals surface area contributed by atoms with Crippen LogP contribution in [0.15, 0.2) is 66.9 Å². The molecular weight excluding hydrogens is 446 g/mol. The highest BCUT2D eigenvalue weighted by Crippen LogP contribution is 2.40. The third-order valence-electron chi connectivity index (χ3n) is 5.39. The van der Waals surface area contributed by atoms with Gasteiger partial charge in [-0.15, -0.1) is 0 Å². The summed E-state index contributed by atoms with van der Waals surface area (Å²) in [6, 6.07) is 14.3. The predicted octanol–water partition coefficient (Wildman–Crippen LogP) is 5.99. The number of nitrogens with zero attached hydrogens (tertiary/aromatic N) is 2. The Balaban J connectivity index is 1.71. The first-order valence-electron chi connectivity index (χ1n) is 9.62. The lowest BCUT2D eigenvalue weighted by atomic mass is 9.91. The molecule has 0 saturated heterocycles. The summed E-state index contributed by atoms with van der Waals surface area (Å²) >= 11 is 6.04. The largest absolute Gasteiger partial charge is 0.423 e. The maximum Gasteiger partial charge on any atom is 0.423 e. The summed E-state index contributed by atoms with van der Waals surface area (Å²) in [7, 11) is 0. The van der Waals surface area contributed by atoms with Crippen molar-refractivity contribution < 1.29 is 22.7 Å². The average molecular weight is 464 g/mol. The molecule has 0 radical (unpaired) electrons. The van der Waals surface area contributed by atoms with Crippen LogP contribution in [0.5, 0.6) is 0 Å². The molecule has 0 fully saturated rings. The first-order valence-corrected chi connectivity index (χ1v) is 10.0. The molecular formula is C23H18ClF4N3O. The molecule has 0 spiro atoms. The number of aliphatic hydroxyl groups is 1. The van der Waals surface area contributed by atoms with E-state index in [0.29, 0.717) is 32.9 Å². The molecule has 0 aliphatic heterocycles.